The fourth-order valence-corrected chi connectivity index (χ4v) is 1.78. The first-order valence-electron chi connectivity index (χ1n) is 5.05. The predicted molar refractivity (Wildman–Crippen MR) is 61.9 cm³/mol. The summed E-state index contributed by atoms with van der Waals surface area (Å²) < 4.78 is 17.6. The van der Waals surface area contributed by atoms with Crippen LogP contribution in [-0.2, 0) is 11.2 Å². The maximum Gasteiger partial charge on any atom is 0.314 e. The Bertz CT molecular complexity index is 541. The molecule has 0 amide bonds. The van der Waals surface area contributed by atoms with Crippen LogP contribution in [0.5, 0.6) is 0 Å². The number of benzene rings is 1. The van der Waals surface area contributed by atoms with E-state index in [1.807, 2.05) is 0 Å². The van der Waals surface area contributed by atoms with E-state index in [0.717, 1.165) is 17.3 Å². The zero-order valence-corrected chi connectivity index (χ0v) is 9.98. The highest BCUT2D eigenvalue weighted by Crippen LogP contribution is 2.16. The monoisotopic (exact) mass is 268 g/mol. The average Bonchev–Trinajstić information content (AvgIpc) is 2.77. The molecule has 7 heteroatoms. The van der Waals surface area contributed by atoms with E-state index < -0.39 is 5.97 Å². The van der Waals surface area contributed by atoms with Crippen LogP contribution in [0.25, 0.3) is 0 Å². The van der Waals surface area contributed by atoms with Crippen LogP contribution >= 0.6 is 11.8 Å². The van der Waals surface area contributed by atoms with Gasteiger partial charge in [0.05, 0.1) is 0 Å². The third kappa shape index (κ3) is 3.56. The van der Waals surface area contributed by atoms with Gasteiger partial charge in [0.25, 0.3) is 5.22 Å². The Morgan fingerprint density at radius 3 is 2.78 bits per heavy atom. The molecule has 1 aromatic carbocycles. The van der Waals surface area contributed by atoms with Crippen molar-refractivity contribution in [1.29, 1.82) is 0 Å². The highest BCUT2D eigenvalue weighted by Gasteiger charge is 2.09. The summed E-state index contributed by atoms with van der Waals surface area (Å²) in [4.78, 5) is 14.4. The number of rotatable bonds is 5. The Hall–Kier alpha value is -1.89. The number of aromatic nitrogens is 2. The molecule has 0 radical (unpaired) electrons. The third-order valence-corrected chi connectivity index (χ3v) is 2.85. The molecule has 1 N–H and O–H groups in total. The van der Waals surface area contributed by atoms with Crippen molar-refractivity contribution in [3.63, 3.8) is 0 Å². The normalized spacial score (nSPS) is 10.5. The Kier molecular flexibility index (Phi) is 3.93. The first kappa shape index (κ1) is 12.6. The molecule has 1 aromatic heterocycles. The molecule has 0 saturated carbocycles. The Balaban J connectivity index is 1.97. The smallest absolute Gasteiger partial charge is 0.314 e. The van der Waals surface area contributed by atoms with Gasteiger partial charge in [0, 0.05) is 6.42 Å². The van der Waals surface area contributed by atoms with Crippen LogP contribution in [0, 0.1) is 5.82 Å². The number of nitrogens with zero attached hydrogens (tertiary/aromatic N) is 2. The predicted octanol–water partition coefficient (Wildman–Crippen LogP) is 1.98. The number of thioether (sulfide) groups is 1. The van der Waals surface area contributed by atoms with Crippen LogP contribution in [0.1, 0.15) is 11.4 Å². The topological polar surface area (TPSA) is 76.2 Å². The molecule has 18 heavy (non-hydrogen) atoms. The number of hydrogen-bond donors (Lipinski definition) is 1. The van der Waals surface area contributed by atoms with Gasteiger partial charge < -0.3 is 9.63 Å². The van der Waals surface area contributed by atoms with Gasteiger partial charge in [-0.3, -0.25) is 4.79 Å². The van der Waals surface area contributed by atoms with Crippen LogP contribution < -0.4 is 0 Å². The first-order valence-corrected chi connectivity index (χ1v) is 6.03. The fourth-order valence-electron chi connectivity index (χ4n) is 1.28. The molecule has 0 spiro atoms. The van der Waals surface area contributed by atoms with Crippen LogP contribution in [-0.4, -0.2) is 27.0 Å². The lowest BCUT2D eigenvalue weighted by molar-refractivity contribution is -0.133. The number of hydrogen-bond acceptors (Lipinski definition) is 5. The van der Waals surface area contributed by atoms with Gasteiger partial charge in [-0.2, -0.15) is 4.98 Å². The number of carbonyl (C=O) groups is 1. The van der Waals surface area contributed by atoms with Gasteiger partial charge in [-0.25, -0.2) is 4.39 Å². The second-order valence-corrected chi connectivity index (χ2v) is 4.39. The summed E-state index contributed by atoms with van der Waals surface area (Å²) in [6, 6.07) is 5.98. The molecule has 0 atom stereocenters. The third-order valence-electron chi connectivity index (χ3n) is 2.04. The number of aliphatic carboxylic acids is 1. The minimum absolute atomic E-state index is 0.127. The maximum atomic E-state index is 12.7. The highest BCUT2D eigenvalue weighted by atomic mass is 32.2. The summed E-state index contributed by atoms with van der Waals surface area (Å²) in [5, 5.41) is 12.4. The highest BCUT2D eigenvalue weighted by molar-refractivity contribution is 7.99. The van der Waals surface area contributed by atoms with Crippen molar-refractivity contribution in [2.24, 2.45) is 0 Å². The van der Waals surface area contributed by atoms with Gasteiger partial charge in [0.2, 0.25) is 0 Å². The second-order valence-electron chi connectivity index (χ2n) is 3.46. The van der Waals surface area contributed by atoms with Crippen LogP contribution in [0.4, 0.5) is 4.39 Å². The number of carboxylic acids is 1. The van der Waals surface area contributed by atoms with Crippen molar-refractivity contribution in [2.75, 3.05) is 5.75 Å². The van der Waals surface area contributed by atoms with Crippen molar-refractivity contribution in [3.8, 4) is 0 Å². The number of halogens is 1. The Morgan fingerprint density at radius 1 is 1.39 bits per heavy atom. The summed E-state index contributed by atoms with van der Waals surface area (Å²) >= 11 is 0.963. The van der Waals surface area contributed by atoms with Crippen molar-refractivity contribution in [3.05, 3.63) is 41.5 Å². The van der Waals surface area contributed by atoms with E-state index in [2.05, 4.69) is 10.1 Å². The second kappa shape index (κ2) is 5.63. The van der Waals surface area contributed by atoms with E-state index in [1.165, 1.54) is 12.1 Å². The molecule has 0 aliphatic heterocycles. The molecule has 0 unspecified atom stereocenters. The molecule has 1 heterocycles. The molecule has 0 fully saturated rings. The average molecular weight is 268 g/mol. The quantitative estimate of drug-likeness (QED) is 0.835. The molecule has 0 saturated heterocycles. The Labute approximate surface area is 106 Å². The molecular weight excluding hydrogens is 259 g/mol. The minimum Gasteiger partial charge on any atom is -0.481 e. The fraction of sp³-hybridized carbons (Fsp3) is 0.182. The van der Waals surface area contributed by atoms with Gasteiger partial charge in [-0.05, 0) is 17.7 Å². The lowest BCUT2D eigenvalue weighted by atomic mass is 10.1. The van der Waals surface area contributed by atoms with E-state index >= 15 is 0 Å². The SMILES string of the molecule is O=C(O)CSc1nc(Cc2ccc(F)cc2)no1. The van der Waals surface area contributed by atoms with Gasteiger partial charge in [-0.1, -0.05) is 29.1 Å². The van der Waals surface area contributed by atoms with E-state index in [-0.39, 0.29) is 16.8 Å². The van der Waals surface area contributed by atoms with E-state index in [9.17, 15) is 9.18 Å². The molecular formula is C11H9FN2O3S. The van der Waals surface area contributed by atoms with Gasteiger partial charge >= 0.3 is 5.97 Å². The summed E-state index contributed by atoms with van der Waals surface area (Å²) in [6.45, 7) is 0. The molecule has 2 rings (SSSR count). The Morgan fingerprint density at radius 2 is 2.11 bits per heavy atom. The largest absolute Gasteiger partial charge is 0.481 e. The van der Waals surface area contributed by atoms with Crippen LogP contribution in [0.15, 0.2) is 34.0 Å². The first-order chi connectivity index (χ1) is 8.63. The molecule has 5 nitrogen and oxygen atoms in total. The van der Waals surface area contributed by atoms with E-state index in [4.69, 9.17) is 9.63 Å². The summed E-state index contributed by atoms with van der Waals surface area (Å²) in [5.74, 6) is -0.935. The number of carboxylic acid groups (broad SMARTS) is 1. The van der Waals surface area contributed by atoms with E-state index in [1.54, 1.807) is 12.1 Å². The van der Waals surface area contributed by atoms with Gasteiger partial charge in [0.15, 0.2) is 5.82 Å². The van der Waals surface area contributed by atoms with Gasteiger partial charge in [-0.15, -0.1) is 0 Å². The van der Waals surface area contributed by atoms with Crippen molar-refractivity contribution in [1.82, 2.24) is 10.1 Å². The molecule has 0 aliphatic carbocycles. The molecule has 2 aromatic rings. The summed E-state index contributed by atoms with van der Waals surface area (Å²) in [5.41, 5.74) is 0.854. The van der Waals surface area contributed by atoms with Crippen LogP contribution in [0.3, 0.4) is 0 Å². The standard InChI is InChI=1S/C11H9FN2O3S/c12-8-3-1-7(2-4-8)5-9-13-11(17-14-9)18-6-10(15)16/h1-4H,5-6H2,(H,15,16). The zero-order valence-electron chi connectivity index (χ0n) is 9.17. The summed E-state index contributed by atoms with van der Waals surface area (Å²) in [6.07, 6.45) is 0.414. The minimum atomic E-state index is -0.946. The van der Waals surface area contributed by atoms with Crippen molar-refractivity contribution >= 4 is 17.7 Å². The van der Waals surface area contributed by atoms with Crippen molar-refractivity contribution < 1.29 is 18.8 Å². The lowest BCUT2D eigenvalue weighted by Gasteiger charge is -1.95. The lowest BCUT2D eigenvalue weighted by Crippen LogP contribution is -1.97. The molecule has 94 valence electrons. The van der Waals surface area contributed by atoms with Crippen molar-refractivity contribution in [2.45, 2.75) is 11.6 Å². The molecule has 0 bridgehead atoms. The summed E-state index contributed by atoms with van der Waals surface area (Å²) in [7, 11) is 0. The van der Waals surface area contributed by atoms with E-state index in [0.29, 0.717) is 12.2 Å². The maximum absolute atomic E-state index is 12.7. The van der Waals surface area contributed by atoms with Gasteiger partial charge in [0.1, 0.15) is 11.6 Å². The molecule has 0 aliphatic rings. The zero-order chi connectivity index (χ0) is 13.0. The van der Waals surface area contributed by atoms with Crippen LogP contribution in [0.2, 0.25) is 0 Å².